The molecule has 1 aromatic rings. The van der Waals surface area contributed by atoms with E-state index in [1.165, 1.54) is 18.2 Å². The van der Waals surface area contributed by atoms with Gasteiger partial charge in [0.05, 0.1) is 25.0 Å². The number of carboxylic acids is 1. The summed E-state index contributed by atoms with van der Waals surface area (Å²) >= 11 is 0. The number of para-hydroxylation sites is 1. The Kier molecular flexibility index (Phi) is 5.05. The highest BCUT2D eigenvalue weighted by molar-refractivity contribution is 7.92. The third kappa shape index (κ3) is 5.14. The summed E-state index contributed by atoms with van der Waals surface area (Å²) < 4.78 is 66.0. The van der Waals surface area contributed by atoms with Crippen LogP contribution in [-0.4, -0.2) is 38.5 Å². The molecule has 0 radical (unpaired) electrons. The molecule has 2 N–H and O–H groups in total. The highest BCUT2D eigenvalue weighted by atomic mass is 32.2. The van der Waals surface area contributed by atoms with Crippen molar-refractivity contribution < 1.29 is 36.2 Å². The van der Waals surface area contributed by atoms with Crippen molar-refractivity contribution in [1.82, 2.24) is 0 Å². The van der Waals surface area contributed by atoms with Crippen LogP contribution < -0.4 is 9.46 Å². The highest BCUT2D eigenvalue weighted by Gasteiger charge is 2.30. The number of nitrogens with one attached hydrogen (secondary N) is 1. The summed E-state index contributed by atoms with van der Waals surface area (Å²) in [5, 5.41) is 8.92. The van der Waals surface area contributed by atoms with E-state index >= 15 is 0 Å². The first-order valence-electron chi connectivity index (χ1n) is 5.53. The lowest BCUT2D eigenvalue weighted by atomic mass is 10.2. The molecule has 0 aliphatic heterocycles. The monoisotopic (exact) mass is 327 g/mol. The lowest BCUT2D eigenvalue weighted by Gasteiger charge is -2.14. The number of anilines is 1. The SMILES string of the molecule is COc1c(NS(=O)(=O)CCC(F)(F)F)cccc1C(=O)O. The zero-order valence-electron chi connectivity index (χ0n) is 10.8. The Morgan fingerprint density at radius 2 is 2.00 bits per heavy atom. The Bertz CT molecular complexity index is 627. The summed E-state index contributed by atoms with van der Waals surface area (Å²) in [7, 11) is -3.17. The van der Waals surface area contributed by atoms with E-state index in [2.05, 4.69) is 0 Å². The summed E-state index contributed by atoms with van der Waals surface area (Å²) in [4.78, 5) is 10.9. The summed E-state index contributed by atoms with van der Waals surface area (Å²) in [6.07, 6.45) is -6.12. The van der Waals surface area contributed by atoms with E-state index in [-0.39, 0.29) is 17.0 Å². The number of alkyl halides is 3. The largest absolute Gasteiger partial charge is 0.494 e. The molecule has 1 rings (SSSR count). The molecule has 0 aliphatic carbocycles. The minimum absolute atomic E-state index is 0.237. The van der Waals surface area contributed by atoms with Gasteiger partial charge >= 0.3 is 12.1 Å². The van der Waals surface area contributed by atoms with Gasteiger partial charge in [0.2, 0.25) is 10.0 Å². The highest BCUT2D eigenvalue weighted by Crippen LogP contribution is 2.30. The number of benzene rings is 1. The van der Waals surface area contributed by atoms with Crippen LogP contribution in [-0.2, 0) is 10.0 Å². The molecule has 0 saturated carbocycles. The Morgan fingerprint density at radius 3 is 2.48 bits per heavy atom. The Hall–Kier alpha value is -1.97. The van der Waals surface area contributed by atoms with Gasteiger partial charge in [0.25, 0.3) is 0 Å². The maximum absolute atomic E-state index is 12.0. The molecule has 1 aromatic carbocycles. The van der Waals surface area contributed by atoms with Crippen molar-refractivity contribution in [3.05, 3.63) is 23.8 Å². The molecule has 0 aliphatic rings. The molecule has 0 aromatic heterocycles. The van der Waals surface area contributed by atoms with Gasteiger partial charge in [-0.1, -0.05) is 6.07 Å². The Labute approximate surface area is 118 Å². The van der Waals surface area contributed by atoms with E-state index in [9.17, 15) is 26.4 Å². The second kappa shape index (κ2) is 6.20. The quantitative estimate of drug-likeness (QED) is 0.834. The predicted molar refractivity (Wildman–Crippen MR) is 68.0 cm³/mol. The molecule has 6 nitrogen and oxygen atoms in total. The Morgan fingerprint density at radius 1 is 1.38 bits per heavy atom. The number of methoxy groups -OCH3 is 1. The van der Waals surface area contributed by atoms with Crippen molar-refractivity contribution >= 4 is 21.7 Å². The van der Waals surface area contributed by atoms with Crippen LogP contribution in [0.5, 0.6) is 5.75 Å². The minimum atomic E-state index is -4.61. The first kappa shape index (κ1) is 17.1. The van der Waals surface area contributed by atoms with Crippen LogP contribution in [0.3, 0.4) is 0 Å². The molecule has 118 valence electrons. The van der Waals surface area contributed by atoms with Gasteiger partial charge in [-0.25, -0.2) is 13.2 Å². The number of hydrogen-bond acceptors (Lipinski definition) is 4. The summed E-state index contributed by atoms with van der Waals surface area (Å²) in [5.74, 6) is -2.81. The lowest BCUT2D eigenvalue weighted by molar-refractivity contribution is -0.129. The van der Waals surface area contributed by atoms with Gasteiger partial charge < -0.3 is 9.84 Å². The number of aromatic carboxylic acids is 1. The van der Waals surface area contributed by atoms with Gasteiger partial charge in [0.15, 0.2) is 5.75 Å². The average molecular weight is 327 g/mol. The van der Waals surface area contributed by atoms with Gasteiger partial charge in [-0.05, 0) is 12.1 Å². The molecular formula is C11H12F3NO5S. The van der Waals surface area contributed by atoms with Crippen LogP contribution in [0.1, 0.15) is 16.8 Å². The molecule has 0 fully saturated rings. The fraction of sp³-hybridized carbons (Fsp3) is 0.364. The van der Waals surface area contributed by atoms with Crippen LogP contribution in [0, 0.1) is 0 Å². The number of hydrogen-bond donors (Lipinski definition) is 2. The summed E-state index contributed by atoms with van der Waals surface area (Å²) in [6.45, 7) is 0. The first-order chi connectivity index (χ1) is 9.56. The van der Waals surface area contributed by atoms with E-state index in [0.717, 1.165) is 7.11 Å². The standard InChI is InChI=1S/C11H12F3NO5S/c1-20-9-7(10(16)17)3-2-4-8(9)15-21(18,19)6-5-11(12,13)14/h2-4,15H,5-6H2,1H3,(H,16,17). The predicted octanol–water partition coefficient (Wildman–Crippen LogP) is 2.09. The van der Waals surface area contributed by atoms with E-state index in [0.29, 0.717) is 0 Å². The minimum Gasteiger partial charge on any atom is -0.494 e. The van der Waals surface area contributed by atoms with Gasteiger partial charge in [-0.15, -0.1) is 0 Å². The third-order valence-corrected chi connectivity index (χ3v) is 3.64. The Balaban J connectivity index is 3.02. The number of sulfonamides is 1. The number of halogens is 3. The summed E-state index contributed by atoms with van der Waals surface area (Å²) in [5.41, 5.74) is -0.548. The molecule has 0 bridgehead atoms. The second-order valence-electron chi connectivity index (χ2n) is 3.98. The zero-order chi connectivity index (χ0) is 16.3. The second-order valence-corrected chi connectivity index (χ2v) is 5.82. The third-order valence-electron chi connectivity index (χ3n) is 2.37. The zero-order valence-corrected chi connectivity index (χ0v) is 11.6. The van der Waals surface area contributed by atoms with E-state index < -0.39 is 34.3 Å². The maximum atomic E-state index is 12.0. The number of ether oxygens (including phenoxy) is 1. The van der Waals surface area contributed by atoms with Crippen molar-refractivity contribution in [2.45, 2.75) is 12.6 Å². The number of carboxylic acid groups (broad SMARTS) is 1. The first-order valence-corrected chi connectivity index (χ1v) is 7.18. The molecule has 21 heavy (non-hydrogen) atoms. The molecule has 0 unspecified atom stereocenters. The molecule has 0 saturated heterocycles. The van der Waals surface area contributed by atoms with Crippen molar-refractivity contribution in [1.29, 1.82) is 0 Å². The number of carbonyl (C=O) groups is 1. The average Bonchev–Trinajstić information content (AvgIpc) is 2.35. The molecule has 0 heterocycles. The smallest absolute Gasteiger partial charge is 0.390 e. The molecular weight excluding hydrogens is 315 g/mol. The van der Waals surface area contributed by atoms with Crippen molar-refractivity contribution in [2.24, 2.45) is 0 Å². The van der Waals surface area contributed by atoms with Gasteiger partial charge in [0, 0.05) is 0 Å². The molecule has 0 amide bonds. The fourth-order valence-corrected chi connectivity index (χ4v) is 2.57. The normalized spacial score (nSPS) is 12.0. The van der Waals surface area contributed by atoms with Crippen molar-refractivity contribution in [3.8, 4) is 5.75 Å². The van der Waals surface area contributed by atoms with Crippen molar-refractivity contribution in [2.75, 3.05) is 17.6 Å². The molecule has 0 spiro atoms. The molecule has 10 heteroatoms. The van der Waals surface area contributed by atoms with Crippen molar-refractivity contribution in [3.63, 3.8) is 0 Å². The van der Waals surface area contributed by atoms with Crippen LogP contribution in [0.2, 0.25) is 0 Å². The lowest BCUT2D eigenvalue weighted by Crippen LogP contribution is -2.22. The van der Waals surface area contributed by atoms with Gasteiger partial charge in [0.1, 0.15) is 5.56 Å². The summed E-state index contributed by atoms with van der Waals surface area (Å²) in [6, 6.07) is 3.61. The van der Waals surface area contributed by atoms with Gasteiger partial charge in [-0.2, -0.15) is 13.2 Å². The van der Waals surface area contributed by atoms with E-state index in [1.54, 1.807) is 0 Å². The van der Waals surface area contributed by atoms with E-state index in [4.69, 9.17) is 9.84 Å². The topological polar surface area (TPSA) is 92.7 Å². The maximum Gasteiger partial charge on any atom is 0.390 e. The van der Waals surface area contributed by atoms with Crippen LogP contribution >= 0.6 is 0 Å². The fourth-order valence-electron chi connectivity index (χ4n) is 1.47. The van der Waals surface area contributed by atoms with Crippen LogP contribution in [0.15, 0.2) is 18.2 Å². The van der Waals surface area contributed by atoms with Crippen LogP contribution in [0.4, 0.5) is 18.9 Å². The number of rotatable bonds is 6. The van der Waals surface area contributed by atoms with E-state index in [1.807, 2.05) is 4.72 Å². The van der Waals surface area contributed by atoms with Gasteiger partial charge in [-0.3, -0.25) is 4.72 Å². The van der Waals surface area contributed by atoms with Crippen LogP contribution in [0.25, 0.3) is 0 Å². The molecule has 0 atom stereocenters.